The van der Waals surface area contributed by atoms with Crippen LogP contribution in [0.5, 0.6) is 11.5 Å². The third-order valence-corrected chi connectivity index (χ3v) is 5.04. The Hall–Kier alpha value is -2.10. The number of hydrogen-bond acceptors (Lipinski definition) is 6. The fourth-order valence-electron chi connectivity index (χ4n) is 2.30. The molecular formula is C19H21ClN2O3S. The largest absolute Gasteiger partial charge is 0.493 e. The van der Waals surface area contributed by atoms with E-state index in [0.29, 0.717) is 34.6 Å². The summed E-state index contributed by atoms with van der Waals surface area (Å²) in [4.78, 5) is 17.1. The summed E-state index contributed by atoms with van der Waals surface area (Å²) in [5.74, 6) is -0.0571. The number of Topliss-reactive ketones (excluding diaryl/α,β-unsaturated/α-hetero) is 1. The molecule has 0 spiro atoms. The zero-order chi connectivity index (χ0) is 19.3. The summed E-state index contributed by atoms with van der Waals surface area (Å²) in [5, 5.41) is 12.0. The van der Waals surface area contributed by atoms with E-state index in [1.165, 1.54) is 24.5 Å². The van der Waals surface area contributed by atoms with Gasteiger partial charge in [-0.15, -0.1) is 11.3 Å². The Kier molecular flexibility index (Phi) is 7.01. The van der Waals surface area contributed by atoms with Gasteiger partial charge in [0.15, 0.2) is 23.2 Å². The summed E-state index contributed by atoms with van der Waals surface area (Å²) in [5.41, 5.74) is 1.07. The lowest BCUT2D eigenvalue weighted by atomic mass is 9.99. The first-order valence-electron chi connectivity index (χ1n) is 8.23. The number of nitriles is 1. The van der Waals surface area contributed by atoms with Gasteiger partial charge in [-0.2, -0.15) is 5.26 Å². The number of aromatic nitrogens is 1. The van der Waals surface area contributed by atoms with Gasteiger partial charge in [-0.1, -0.05) is 25.4 Å². The summed E-state index contributed by atoms with van der Waals surface area (Å²) in [6.07, 6.45) is 0.875. The Labute approximate surface area is 162 Å². The highest BCUT2D eigenvalue weighted by Gasteiger charge is 2.26. The number of carbonyl (C=O) groups is 1. The number of methoxy groups -OCH3 is 1. The van der Waals surface area contributed by atoms with E-state index in [4.69, 9.17) is 21.1 Å². The summed E-state index contributed by atoms with van der Waals surface area (Å²) in [6.45, 7) is 6.53. The Morgan fingerprint density at radius 3 is 2.69 bits per heavy atom. The van der Waals surface area contributed by atoms with E-state index >= 15 is 0 Å². The van der Waals surface area contributed by atoms with Crippen LogP contribution in [0.1, 0.15) is 47.2 Å². The predicted molar refractivity (Wildman–Crippen MR) is 102 cm³/mol. The van der Waals surface area contributed by atoms with Gasteiger partial charge in [0.25, 0.3) is 0 Å². The van der Waals surface area contributed by atoms with Crippen LogP contribution in [0, 0.1) is 24.2 Å². The maximum atomic E-state index is 12.8. The molecule has 1 atom stereocenters. The first-order valence-corrected chi connectivity index (χ1v) is 9.49. The zero-order valence-corrected chi connectivity index (χ0v) is 16.8. The fraction of sp³-hybridized carbons (Fsp3) is 0.421. The number of halogens is 1. The molecule has 0 saturated carbocycles. The van der Waals surface area contributed by atoms with Gasteiger partial charge in [0.05, 0.1) is 24.8 Å². The summed E-state index contributed by atoms with van der Waals surface area (Å²) < 4.78 is 11.1. The Morgan fingerprint density at radius 1 is 1.42 bits per heavy atom. The van der Waals surface area contributed by atoms with Crippen molar-refractivity contribution >= 4 is 28.7 Å². The van der Waals surface area contributed by atoms with Gasteiger partial charge < -0.3 is 9.47 Å². The Bertz CT molecular complexity index is 827. The van der Waals surface area contributed by atoms with Crippen molar-refractivity contribution in [2.24, 2.45) is 5.92 Å². The number of carbonyl (C=O) groups excluding carboxylic acids is 1. The predicted octanol–water partition coefficient (Wildman–Crippen LogP) is 5.03. The standard InChI is InChI=1S/C19H21ClN2O3S/c1-11(2)5-6-25-18-15(20)7-13(8-16(18)24-4)17(23)14(9-21)19-22-12(3)10-26-19/h7-8,10-11,14H,5-6H2,1-4H3. The van der Waals surface area contributed by atoms with Crippen molar-refractivity contribution in [3.8, 4) is 17.6 Å². The Balaban J connectivity index is 2.30. The van der Waals surface area contributed by atoms with Crippen LogP contribution in [0.25, 0.3) is 0 Å². The number of ketones is 1. The van der Waals surface area contributed by atoms with Gasteiger partial charge in [-0.05, 0) is 31.4 Å². The van der Waals surface area contributed by atoms with Gasteiger partial charge in [0.1, 0.15) is 5.01 Å². The van der Waals surface area contributed by atoms with Crippen LogP contribution in [-0.4, -0.2) is 24.5 Å². The molecule has 138 valence electrons. The highest BCUT2D eigenvalue weighted by atomic mass is 35.5. The van der Waals surface area contributed by atoms with Crippen molar-refractivity contribution in [2.75, 3.05) is 13.7 Å². The van der Waals surface area contributed by atoms with Crippen molar-refractivity contribution < 1.29 is 14.3 Å². The van der Waals surface area contributed by atoms with E-state index in [2.05, 4.69) is 18.8 Å². The number of ether oxygens (including phenoxy) is 2. The molecule has 1 unspecified atom stereocenters. The van der Waals surface area contributed by atoms with Crippen molar-refractivity contribution in [1.29, 1.82) is 5.26 Å². The molecular weight excluding hydrogens is 372 g/mol. The minimum atomic E-state index is -0.970. The third-order valence-electron chi connectivity index (χ3n) is 3.73. The van der Waals surface area contributed by atoms with Crippen molar-refractivity contribution in [3.63, 3.8) is 0 Å². The van der Waals surface area contributed by atoms with Crippen molar-refractivity contribution in [1.82, 2.24) is 4.98 Å². The molecule has 0 aliphatic heterocycles. The summed E-state index contributed by atoms with van der Waals surface area (Å²) in [6, 6.07) is 5.11. The van der Waals surface area contributed by atoms with E-state index < -0.39 is 5.92 Å². The topological polar surface area (TPSA) is 72.2 Å². The van der Waals surface area contributed by atoms with Crippen LogP contribution in [-0.2, 0) is 0 Å². The average Bonchev–Trinajstić information content (AvgIpc) is 3.02. The van der Waals surface area contributed by atoms with Gasteiger partial charge >= 0.3 is 0 Å². The highest BCUT2D eigenvalue weighted by molar-refractivity contribution is 7.10. The molecule has 0 bridgehead atoms. The van der Waals surface area contributed by atoms with E-state index in [-0.39, 0.29) is 10.8 Å². The SMILES string of the molecule is COc1cc(C(=O)C(C#N)c2nc(C)cs2)cc(Cl)c1OCCC(C)C. The monoisotopic (exact) mass is 392 g/mol. The zero-order valence-electron chi connectivity index (χ0n) is 15.2. The van der Waals surface area contributed by atoms with Crippen molar-refractivity contribution in [3.05, 3.63) is 38.8 Å². The van der Waals surface area contributed by atoms with Crippen LogP contribution in [0.15, 0.2) is 17.5 Å². The normalized spacial score (nSPS) is 11.9. The minimum Gasteiger partial charge on any atom is -0.493 e. The quantitative estimate of drug-likeness (QED) is 0.589. The molecule has 1 heterocycles. The second kappa shape index (κ2) is 9.02. The molecule has 1 aromatic carbocycles. The van der Waals surface area contributed by atoms with E-state index in [0.717, 1.165) is 12.1 Å². The van der Waals surface area contributed by atoms with E-state index in [9.17, 15) is 10.1 Å². The van der Waals surface area contributed by atoms with Gasteiger partial charge in [-0.3, -0.25) is 4.79 Å². The van der Waals surface area contributed by atoms with Crippen molar-refractivity contribution in [2.45, 2.75) is 33.1 Å². The second-order valence-corrected chi connectivity index (χ2v) is 7.57. The van der Waals surface area contributed by atoms with Gasteiger partial charge in [-0.25, -0.2) is 4.98 Å². The molecule has 1 aromatic heterocycles. The number of rotatable bonds is 8. The second-order valence-electron chi connectivity index (χ2n) is 6.27. The number of benzene rings is 1. The number of thiazole rings is 1. The van der Waals surface area contributed by atoms with Crippen LogP contribution in [0.2, 0.25) is 5.02 Å². The maximum Gasteiger partial charge on any atom is 0.187 e. The highest BCUT2D eigenvalue weighted by Crippen LogP contribution is 2.38. The minimum absolute atomic E-state index is 0.281. The molecule has 0 aliphatic rings. The smallest absolute Gasteiger partial charge is 0.187 e. The summed E-state index contributed by atoms with van der Waals surface area (Å²) in [7, 11) is 1.49. The van der Waals surface area contributed by atoms with Crippen LogP contribution < -0.4 is 9.47 Å². The van der Waals surface area contributed by atoms with Crippen LogP contribution >= 0.6 is 22.9 Å². The lowest BCUT2D eigenvalue weighted by Gasteiger charge is -2.15. The summed E-state index contributed by atoms with van der Waals surface area (Å²) >= 11 is 7.61. The van der Waals surface area contributed by atoms with E-state index in [1.54, 1.807) is 6.07 Å². The molecule has 2 rings (SSSR count). The molecule has 0 radical (unpaired) electrons. The molecule has 0 fully saturated rings. The molecule has 0 N–H and O–H groups in total. The number of hydrogen-bond donors (Lipinski definition) is 0. The van der Waals surface area contributed by atoms with Crippen LogP contribution in [0.3, 0.4) is 0 Å². The first-order chi connectivity index (χ1) is 12.4. The maximum absolute atomic E-state index is 12.8. The first kappa shape index (κ1) is 20.2. The van der Waals surface area contributed by atoms with Gasteiger partial charge in [0.2, 0.25) is 0 Å². The molecule has 0 amide bonds. The lowest BCUT2D eigenvalue weighted by Crippen LogP contribution is -2.12. The number of aryl methyl sites for hydroxylation is 1. The molecule has 5 nitrogen and oxygen atoms in total. The fourth-order valence-corrected chi connectivity index (χ4v) is 3.40. The van der Waals surface area contributed by atoms with Crippen LogP contribution in [0.4, 0.5) is 0 Å². The average molecular weight is 393 g/mol. The lowest BCUT2D eigenvalue weighted by molar-refractivity contribution is 0.0978. The third kappa shape index (κ3) is 4.75. The molecule has 0 saturated heterocycles. The number of nitrogens with zero attached hydrogens (tertiary/aromatic N) is 2. The van der Waals surface area contributed by atoms with E-state index in [1.807, 2.05) is 18.4 Å². The molecule has 0 aliphatic carbocycles. The van der Waals surface area contributed by atoms with Gasteiger partial charge in [0, 0.05) is 16.6 Å². The Morgan fingerprint density at radius 2 is 2.15 bits per heavy atom. The molecule has 26 heavy (non-hydrogen) atoms. The molecule has 7 heteroatoms. The molecule has 2 aromatic rings.